The first-order valence-electron chi connectivity index (χ1n) is 8.82. The van der Waals surface area contributed by atoms with Crippen molar-refractivity contribution in [3.63, 3.8) is 0 Å². The predicted octanol–water partition coefficient (Wildman–Crippen LogP) is 0.897. The van der Waals surface area contributed by atoms with Gasteiger partial charge < -0.3 is 24.8 Å². The van der Waals surface area contributed by atoms with Crippen molar-refractivity contribution < 1.29 is 14.3 Å². The molecule has 0 saturated carbocycles. The molecule has 1 saturated heterocycles. The topological polar surface area (TPSA) is 65.1 Å². The molecule has 136 valence electrons. The van der Waals surface area contributed by atoms with E-state index in [-0.39, 0.29) is 11.9 Å². The van der Waals surface area contributed by atoms with Crippen molar-refractivity contribution in [3.8, 4) is 0 Å². The summed E-state index contributed by atoms with van der Waals surface area (Å²) in [6.07, 6.45) is 0.329. The van der Waals surface area contributed by atoms with Crippen LogP contribution in [-0.4, -0.2) is 74.7 Å². The number of amides is 3. The molecular weight excluding hydrogens is 320 g/mol. The molecule has 7 nitrogen and oxygen atoms in total. The normalized spacial score (nSPS) is 17.7. The summed E-state index contributed by atoms with van der Waals surface area (Å²) >= 11 is 0. The smallest absolute Gasteiger partial charge is 0.317 e. The lowest BCUT2D eigenvalue weighted by Crippen LogP contribution is -2.44. The number of carbonyl (C=O) groups is 2. The molecule has 0 bridgehead atoms. The summed E-state index contributed by atoms with van der Waals surface area (Å²) in [5.41, 5.74) is 2.31. The minimum atomic E-state index is -0.111. The lowest BCUT2D eigenvalue weighted by Gasteiger charge is -2.27. The van der Waals surface area contributed by atoms with E-state index in [9.17, 15) is 9.59 Å². The molecule has 2 heterocycles. The Balaban J connectivity index is 1.49. The second-order valence-corrected chi connectivity index (χ2v) is 6.45. The van der Waals surface area contributed by atoms with E-state index < -0.39 is 0 Å². The predicted molar refractivity (Wildman–Crippen MR) is 95.5 cm³/mol. The maximum absolute atomic E-state index is 12.5. The quantitative estimate of drug-likeness (QED) is 0.883. The number of ether oxygens (including phenoxy) is 1. The van der Waals surface area contributed by atoms with Crippen LogP contribution in [0.4, 0.5) is 10.5 Å². The summed E-state index contributed by atoms with van der Waals surface area (Å²) in [7, 11) is 2.04. The number of hydrogen-bond acceptors (Lipinski definition) is 4. The molecule has 3 rings (SSSR count). The number of fused-ring (bicyclic) bond motifs is 1. The minimum Gasteiger partial charge on any atom is -0.378 e. The van der Waals surface area contributed by atoms with Crippen LogP contribution in [0.25, 0.3) is 0 Å². The van der Waals surface area contributed by atoms with Gasteiger partial charge in [-0.05, 0) is 11.6 Å². The Morgan fingerprint density at radius 1 is 1.08 bits per heavy atom. The monoisotopic (exact) mass is 346 g/mol. The molecule has 7 heteroatoms. The highest BCUT2D eigenvalue weighted by atomic mass is 16.5. The van der Waals surface area contributed by atoms with Crippen LogP contribution in [0.5, 0.6) is 0 Å². The Hall–Kier alpha value is -2.28. The summed E-state index contributed by atoms with van der Waals surface area (Å²) in [5, 5.41) is 2.89. The van der Waals surface area contributed by atoms with Crippen molar-refractivity contribution in [1.82, 2.24) is 15.1 Å². The summed E-state index contributed by atoms with van der Waals surface area (Å²) in [6.45, 7) is 4.87. The maximum Gasteiger partial charge on any atom is 0.317 e. The van der Waals surface area contributed by atoms with Gasteiger partial charge in [-0.1, -0.05) is 18.2 Å². The highest BCUT2D eigenvalue weighted by molar-refractivity contribution is 5.78. The van der Waals surface area contributed by atoms with Crippen molar-refractivity contribution in [1.29, 1.82) is 0 Å². The highest BCUT2D eigenvalue weighted by Crippen LogP contribution is 2.23. The zero-order valence-electron chi connectivity index (χ0n) is 14.7. The van der Waals surface area contributed by atoms with Gasteiger partial charge in [-0.15, -0.1) is 0 Å². The number of urea groups is 1. The Bertz CT molecular complexity index is 616. The number of anilines is 1. The molecule has 0 aromatic heterocycles. The third-order valence-corrected chi connectivity index (χ3v) is 4.74. The van der Waals surface area contributed by atoms with Gasteiger partial charge in [0, 0.05) is 58.4 Å². The number of likely N-dealkylation sites (N-methyl/N-ethyl adjacent to an activating group) is 1. The van der Waals surface area contributed by atoms with Crippen molar-refractivity contribution >= 4 is 17.6 Å². The standard InChI is InChI=1S/C18H26N4O3/c1-20-8-9-22(14-15-4-2-3-5-16(15)20)18(24)19-7-6-17(23)21-10-12-25-13-11-21/h2-5H,6-14H2,1H3,(H,19,24). The Kier molecular flexibility index (Phi) is 5.75. The van der Waals surface area contributed by atoms with Gasteiger partial charge in [0.1, 0.15) is 0 Å². The van der Waals surface area contributed by atoms with Crippen LogP contribution in [0.2, 0.25) is 0 Å². The van der Waals surface area contributed by atoms with E-state index in [0.29, 0.717) is 52.4 Å². The fourth-order valence-corrected chi connectivity index (χ4v) is 3.23. The third-order valence-electron chi connectivity index (χ3n) is 4.74. The zero-order chi connectivity index (χ0) is 17.6. The molecule has 1 fully saturated rings. The number of nitrogens with one attached hydrogen (secondary N) is 1. The molecule has 2 aliphatic heterocycles. The van der Waals surface area contributed by atoms with Crippen molar-refractivity contribution in [3.05, 3.63) is 29.8 Å². The number of morpholine rings is 1. The van der Waals surface area contributed by atoms with Crippen molar-refractivity contribution in [2.45, 2.75) is 13.0 Å². The molecule has 0 spiro atoms. The lowest BCUT2D eigenvalue weighted by molar-refractivity contribution is -0.135. The Morgan fingerprint density at radius 3 is 2.64 bits per heavy atom. The maximum atomic E-state index is 12.5. The van der Waals surface area contributed by atoms with Crippen LogP contribution >= 0.6 is 0 Å². The van der Waals surface area contributed by atoms with Crippen LogP contribution in [-0.2, 0) is 16.1 Å². The van der Waals surface area contributed by atoms with Gasteiger partial charge in [-0.3, -0.25) is 4.79 Å². The molecule has 3 amide bonds. The first-order valence-corrected chi connectivity index (χ1v) is 8.82. The molecule has 0 atom stereocenters. The fraction of sp³-hybridized carbons (Fsp3) is 0.556. The van der Waals surface area contributed by atoms with Crippen LogP contribution < -0.4 is 10.2 Å². The van der Waals surface area contributed by atoms with E-state index in [1.54, 1.807) is 4.90 Å². The molecule has 1 aromatic carbocycles. The van der Waals surface area contributed by atoms with Gasteiger partial charge in [-0.2, -0.15) is 0 Å². The molecule has 0 unspecified atom stereocenters. The number of nitrogens with zero attached hydrogens (tertiary/aromatic N) is 3. The van der Waals surface area contributed by atoms with E-state index in [0.717, 1.165) is 12.1 Å². The van der Waals surface area contributed by atoms with E-state index in [2.05, 4.69) is 22.3 Å². The van der Waals surface area contributed by atoms with Gasteiger partial charge in [0.15, 0.2) is 0 Å². The van der Waals surface area contributed by atoms with Crippen LogP contribution in [0.1, 0.15) is 12.0 Å². The summed E-state index contributed by atoms with van der Waals surface area (Å²) in [4.78, 5) is 30.4. The van der Waals surface area contributed by atoms with Crippen molar-refractivity contribution in [2.75, 3.05) is 57.9 Å². The van der Waals surface area contributed by atoms with Gasteiger partial charge >= 0.3 is 6.03 Å². The minimum absolute atomic E-state index is 0.0737. The third kappa shape index (κ3) is 4.42. The van der Waals surface area contributed by atoms with Gasteiger partial charge in [0.05, 0.1) is 13.2 Å². The first-order chi connectivity index (χ1) is 12.1. The summed E-state index contributed by atoms with van der Waals surface area (Å²) in [5.74, 6) is 0.0737. The van der Waals surface area contributed by atoms with E-state index in [4.69, 9.17) is 4.74 Å². The highest BCUT2D eigenvalue weighted by Gasteiger charge is 2.21. The van der Waals surface area contributed by atoms with E-state index in [1.165, 1.54) is 5.69 Å². The van der Waals surface area contributed by atoms with Gasteiger partial charge in [0.2, 0.25) is 5.91 Å². The lowest BCUT2D eigenvalue weighted by atomic mass is 10.1. The molecular formula is C18H26N4O3. The zero-order valence-corrected chi connectivity index (χ0v) is 14.7. The van der Waals surface area contributed by atoms with Gasteiger partial charge in [0.25, 0.3) is 0 Å². The molecule has 1 aromatic rings. The Morgan fingerprint density at radius 2 is 1.84 bits per heavy atom. The van der Waals surface area contributed by atoms with E-state index in [1.807, 2.05) is 24.1 Å². The summed E-state index contributed by atoms with van der Waals surface area (Å²) in [6, 6.07) is 8.04. The molecule has 2 aliphatic rings. The Labute approximate surface area is 148 Å². The van der Waals surface area contributed by atoms with Crippen LogP contribution in [0.3, 0.4) is 0 Å². The van der Waals surface area contributed by atoms with E-state index >= 15 is 0 Å². The number of rotatable bonds is 3. The van der Waals surface area contributed by atoms with Crippen LogP contribution in [0, 0.1) is 0 Å². The number of hydrogen-bond donors (Lipinski definition) is 1. The van der Waals surface area contributed by atoms with Crippen molar-refractivity contribution in [2.24, 2.45) is 0 Å². The molecule has 0 aliphatic carbocycles. The number of benzene rings is 1. The fourth-order valence-electron chi connectivity index (χ4n) is 3.23. The van der Waals surface area contributed by atoms with Gasteiger partial charge in [-0.25, -0.2) is 4.79 Å². The number of carbonyl (C=O) groups excluding carboxylic acids is 2. The second kappa shape index (κ2) is 8.20. The SMILES string of the molecule is CN1CCN(C(=O)NCCC(=O)N2CCOCC2)Cc2ccccc21. The average Bonchev–Trinajstić information content (AvgIpc) is 2.82. The van der Waals surface area contributed by atoms with Crippen LogP contribution in [0.15, 0.2) is 24.3 Å². The second-order valence-electron chi connectivity index (χ2n) is 6.45. The molecule has 1 N–H and O–H groups in total. The molecule has 0 radical (unpaired) electrons. The number of para-hydroxylation sites is 1. The summed E-state index contributed by atoms with van der Waals surface area (Å²) < 4.78 is 5.25. The first kappa shape index (κ1) is 17.5. The average molecular weight is 346 g/mol. The molecule has 25 heavy (non-hydrogen) atoms. The largest absolute Gasteiger partial charge is 0.378 e.